The molecule has 1 nitrogen and oxygen atoms in total. The molecule has 1 aromatic rings. The summed E-state index contributed by atoms with van der Waals surface area (Å²) in [5.41, 5.74) is 4.29. The highest BCUT2D eigenvalue weighted by molar-refractivity contribution is 6.25. The molecule has 0 aromatic heterocycles. The number of benzene rings is 1. The summed E-state index contributed by atoms with van der Waals surface area (Å²) in [6.07, 6.45) is 0. The average molecular weight is 238 g/mol. The molecule has 0 aliphatic rings. The summed E-state index contributed by atoms with van der Waals surface area (Å²) in [6, 6.07) is 10.6. The molecule has 0 radical (unpaired) electrons. The van der Waals surface area contributed by atoms with Gasteiger partial charge in [0.15, 0.2) is 0 Å². The summed E-state index contributed by atoms with van der Waals surface area (Å²) >= 11 is 5.62. The predicted molar refractivity (Wildman–Crippen MR) is 71.9 cm³/mol. The largest absolute Gasteiger partial charge is 0.312 e. The van der Waals surface area contributed by atoms with E-state index in [2.05, 4.69) is 43.4 Å². The maximum absolute atomic E-state index is 5.62. The van der Waals surface area contributed by atoms with Crippen molar-refractivity contribution < 1.29 is 0 Å². The van der Waals surface area contributed by atoms with Gasteiger partial charge >= 0.3 is 0 Å². The lowest BCUT2D eigenvalue weighted by atomic mass is 9.84. The van der Waals surface area contributed by atoms with Crippen LogP contribution in [0.1, 0.15) is 26.3 Å². The van der Waals surface area contributed by atoms with Crippen molar-refractivity contribution in [3.05, 3.63) is 47.0 Å². The van der Waals surface area contributed by atoms with Crippen molar-refractivity contribution in [3.8, 4) is 0 Å². The first-order chi connectivity index (χ1) is 7.56. The van der Waals surface area contributed by atoms with Crippen LogP contribution in [0.2, 0.25) is 0 Å². The Morgan fingerprint density at radius 1 is 1.31 bits per heavy atom. The van der Waals surface area contributed by atoms with Crippen molar-refractivity contribution in [2.75, 3.05) is 13.1 Å². The van der Waals surface area contributed by atoms with Gasteiger partial charge in [0.25, 0.3) is 0 Å². The number of hydrogen-bond acceptors (Lipinski definition) is 1. The van der Waals surface area contributed by atoms with Crippen LogP contribution in [0.5, 0.6) is 0 Å². The second-order valence-electron chi connectivity index (χ2n) is 4.81. The molecule has 16 heavy (non-hydrogen) atoms. The third-order valence-electron chi connectivity index (χ3n) is 2.71. The molecule has 0 aliphatic carbocycles. The summed E-state index contributed by atoms with van der Waals surface area (Å²) in [7, 11) is 0. The monoisotopic (exact) mass is 237 g/mol. The van der Waals surface area contributed by atoms with Gasteiger partial charge in [-0.1, -0.05) is 55.8 Å². The Balaban J connectivity index is 2.53. The molecule has 0 aliphatic heterocycles. The van der Waals surface area contributed by atoms with Crippen molar-refractivity contribution in [2.24, 2.45) is 0 Å². The molecule has 0 bridgehead atoms. The van der Waals surface area contributed by atoms with E-state index in [4.69, 9.17) is 11.6 Å². The molecule has 0 fully saturated rings. The minimum Gasteiger partial charge on any atom is -0.312 e. The number of hydrogen-bond donors (Lipinski definition) is 1. The summed E-state index contributed by atoms with van der Waals surface area (Å²) in [4.78, 5) is 0. The van der Waals surface area contributed by atoms with E-state index < -0.39 is 0 Å². The molecule has 0 heterocycles. The van der Waals surface area contributed by atoms with Crippen molar-refractivity contribution in [1.82, 2.24) is 5.32 Å². The highest BCUT2D eigenvalue weighted by Gasteiger charge is 2.19. The zero-order chi connectivity index (χ0) is 12.0. The highest BCUT2D eigenvalue weighted by atomic mass is 35.5. The van der Waals surface area contributed by atoms with E-state index >= 15 is 0 Å². The van der Waals surface area contributed by atoms with Gasteiger partial charge in [0.1, 0.15) is 0 Å². The minimum atomic E-state index is 0.147. The van der Waals surface area contributed by atoms with Crippen molar-refractivity contribution in [2.45, 2.75) is 26.2 Å². The smallest absolute Gasteiger partial charge is 0.0173 e. The van der Waals surface area contributed by atoms with Crippen molar-refractivity contribution in [1.29, 1.82) is 0 Å². The number of nitrogens with one attached hydrogen (secondary N) is 1. The van der Waals surface area contributed by atoms with E-state index in [-0.39, 0.29) is 5.41 Å². The molecule has 0 spiro atoms. The fraction of sp³-hybridized carbons (Fsp3) is 0.429. The van der Waals surface area contributed by atoms with Crippen LogP contribution in [-0.2, 0) is 5.41 Å². The van der Waals surface area contributed by atoms with Crippen LogP contribution in [0.15, 0.2) is 41.4 Å². The Kier molecular flexibility index (Phi) is 5.04. The van der Waals surface area contributed by atoms with Crippen LogP contribution >= 0.6 is 11.6 Å². The Bertz CT molecular complexity index is 341. The van der Waals surface area contributed by atoms with Crippen LogP contribution in [-0.4, -0.2) is 13.1 Å². The summed E-state index contributed by atoms with van der Waals surface area (Å²) < 4.78 is 0. The third kappa shape index (κ3) is 3.99. The Morgan fingerprint density at radius 2 is 1.94 bits per heavy atom. The Morgan fingerprint density at radius 3 is 2.50 bits per heavy atom. The molecule has 0 unspecified atom stereocenters. The van der Waals surface area contributed by atoms with Gasteiger partial charge in [0.05, 0.1) is 0 Å². The molecule has 0 saturated heterocycles. The lowest BCUT2D eigenvalue weighted by Crippen LogP contribution is -2.33. The van der Waals surface area contributed by atoms with Gasteiger partial charge in [-0.15, -0.1) is 0 Å². The van der Waals surface area contributed by atoms with Crippen molar-refractivity contribution >= 4 is 11.6 Å². The van der Waals surface area contributed by atoms with E-state index in [1.54, 1.807) is 5.54 Å². The quantitative estimate of drug-likeness (QED) is 0.824. The predicted octanol–water partition coefficient (Wildman–Crippen LogP) is 3.70. The lowest BCUT2D eigenvalue weighted by molar-refractivity contribution is 0.481. The SMILES string of the molecule is C/C(=C/Cl)CNCC(C)(C)c1ccccc1. The normalized spacial score (nSPS) is 12.9. The maximum Gasteiger partial charge on any atom is 0.0173 e. The summed E-state index contributed by atoms with van der Waals surface area (Å²) in [5, 5.41) is 3.42. The second kappa shape index (κ2) is 6.07. The number of rotatable bonds is 5. The van der Waals surface area contributed by atoms with Crippen LogP contribution in [0, 0.1) is 0 Å². The first-order valence-electron chi connectivity index (χ1n) is 5.58. The van der Waals surface area contributed by atoms with Gasteiger partial charge in [-0.3, -0.25) is 0 Å². The third-order valence-corrected chi connectivity index (χ3v) is 3.08. The van der Waals surface area contributed by atoms with E-state index in [9.17, 15) is 0 Å². The molecule has 1 aromatic carbocycles. The fourth-order valence-corrected chi connectivity index (χ4v) is 1.68. The van der Waals surface area contributed by atoms with Crippen LogP contribution in [0.25, 0.3) is 0 Å². The van der Waals surface area contributed by atoms with E-state index in [0.717, 1.165) is 18.7 Å². The highest BCUT2D eigenvalue weighted by Crippen LogP contribution is 2.21. The van der Waals surface area contributed by atoms with Crippen LogP contribution < -0.4 is 5.32 Å². The van der Waals surface area contributed by atoms with Gasteiger partial charge in [0.2, 0.25) is 0 Å². The average Bonchev–Trinajstić information content (AvgIpc) is 2.30. The molecule has 1 N–H and O–H groups in total. The molecular formula is C14H20ClN. The zero-order valence-electron chi connectivity index (χ0n) is 10.3. The number of halogens is 1. The van der Waals surface area contributed by atoms with Gasteiger partial charge in [-0.2, -0.15) is 0 Å². The van der Waals surface area contributed by atoms with E-state index in [0.29, 0.717) is 0 Å². The molecule has 0 saturated carbocycles. The first-order valence-corrected chi connectivity index (χ1v) is 6.02. The molecule has 1 rings (SSSR count). The van der Waals surface area contributed by atoms with Gasteiger partial charge in [-0.05, 0) is 18.1 Å². The first kappa shape index (κ1) is 13.3. The summed E-state index contributed by atoms with van der Waals surface area (Å²) in [6.45, 7) is 8.30. The van der Waals surface area contributed by atoms with Gasteiger partial charge in [0, 0.05) is 24.0 Å². The summed E-state index contributed by atoms with van der Waals surface area (Å²) in [5.74, 6) is 0. The van der Waals surface area contributed by atoms with Gasteiger partial charge in [-0.25, -0.2) is 0 Å². The van der Waals surface area contributed by atoms with E-state index in [1.807, 2.05) is 13.0 Å². The lowest BCUT2D eigenvalue weighted by Gasteiger charge is -2.25. The minimum absolute atomic E-state index is 0.147. The molecule has 0 amide bonds. The van der Waals surface area contributed by atoms with Gasteiger partial charge < -0.3 is 5.32 Å². The Labute approximate surface area is 104 Å². The molecule has 2 heteroatoms. The molecular weight excluding hydrogens is 218 g/mol. The zero-order valence-corrected chi connectivity index (χ0v) is 11.0. The van der Waals surface area contributed by atoms with Crippen molar-refractivity contribution in [3.63, 3.8) is 0 Å². The second-order valence-corrected chi connectivity index (χ2v) is 5.03. The van der Waals surface area contributed by atoms with Crippen LogP contribution in [0.3, 0.4) is 0 Å². The maximum atomic E-state index is 5.62. The Hall–Kier alpha value is -0.790. The van der Waals surface area contributed by atoms with E-state index in [1.165, 1.54) is 5.56 Å². The molecule has 88 valence electrons. The fourth-order valence-electron chi connectivity index (χ4n) is 1.60. The standard InChI is InChI=1S/C14H20ClN/c1-12(9-15)10-16-11-14(2,3)13-7-5-4-6-8-13/h4-9,16H,10-11H2,1-3H3/b12-9-. The van der Waals surface area contributed by atoms with Crippen LogP contribution in [0.4, 0.5) is 0 Å². The molecule has 0 atom stereocenters. The topological polar surface area (TPSA) is 12.0 Å².